The molecule has 0 radical (unpaired) electrons. The average Bonchev–Trinajstić information content (AvgIpc) is 3.09. The van der Waals surface area contributed by atoms with Crippen LogP contribution in [0.25, 0.3) is 5.78 Å². The van der Waals surface area contributed by atoms with E-state index in [1.54, 1.807) is 6.07 Å². The molecule has 154 valence electrons. The van der Waals surface area contributed by atoms with Crippen molar-refractivity contribution in [1.29, 1.82) is 0 Å². The van der Waals surface area contributed by atoms with Gasteiger partial charge in [0.15, 0.2) is 5.82 Å². The molecule has 0 aliphatic rings. The van der Waals surface area contributed by atoms with E-state index in [4.69, 9.17) is 0 Å². The standard InChI is InChI=1S/C20H15F3N4O2S/c21-20(22,23)29-15-7-4-8-16(11-15)30-12-14-10-18(28)27-19(24-14)25-17(26-27)9-13-5-2-1-3-6-13/h1-8,10-11,28H,9,12H2. The number of fused-ring (bicyclic) bond motifs is 1. The third-order valence-corrected chi connectivity index (χ3v) is 5.05. The third kappa shape index (κ3) is 5.01. The van der Waals surface area contributed by atoms with Gasteiger partial charge in [0, 0.05) is 23.1 Å². The van der Waals surface area contributed by atoms with Gasteiger partial charge in [-0.2, -0.15) is 9.50 Å². The molecule has 0 aliphatic carbocycles. The Balaban J connectivity index is 1.49. The van der Waals surface area contributed by atoms with Crippen LogP contribution in [-0.4, -0.2) is 31.1 Å². The molecular formula is C20H15F3N4O2S. The Kier molecular flexibility index (Phi) is 5.49. The van der Waals surface area contributed by atoms with Crippen molar-refractivity contribution in [3.63, 3.8) is 0 Å². The Hall–Kier alpha value is -3.27. The first-order valence-corrected chi connectivity index (χ1v) is 9.81. The largest absolute Gasteiger partial charge is 0.573 e. The fourth-order valence-electron chi connectivity index (χ4n) is 2.79. The molecule has 0 saturated heterocycles. The molecule has 2 aromatic heterocycles. The molecule has 0 atom stereocenters. The zero-order valence-electron chi connectivity index (χ0n) is 15.4. The Bertz CT molecular complexity index is 1170. The summed E-state index contributed by atoms with van der Waals surface area (Å²) in [6, 6.07) is 16.8. The lowest BCUT2D eigenvalue weighted by Crippen LogP contribution is -2.17. The highest BCUT2D eigenvalue weighted by atomic mass is 32.2. The van der Waals surface area contributed by atoms with Crippen LogP contribution in [-0.2, 0) is 12.2 Å². The highest BCUT2D eigenvalue weighted by Gasteiger charge is 2.31. The number of aromatic hydroxyl groups is 1. The molecule has 0 amide bonds. The summed E-state index contributed by atoms with van der Waals surface area (Å²) in [5.74, 6) is 0.690. The van der Waals surface area contributed by atoms with Gasteiger partial charge in [-0.1, -0.05) is 36.4 Å². The van der Waals surface area contributed by atoms with Crippen LogP contribution in [0, 0.1) is 0 Å². The Morgan fingerprint density at radius 2 is 1.80 bits per heavy atom. The van der Waals surface area contributed by atoms with Crippen molar-refractivity contribution in [3.8, 4) is 11.6 Å². The van der Waals surface area contributed by atoms with Crippen molar-refractivity contribution in [1.82, 2.24) is 19.6 Å². The molecule has 30 heavy (non-hydrogen) atoms. The highest BCUT2D eigenvalue weighted by molar-refractivity contribution is 7.98. The second kappa shape index (κ2) is 8.23. The molecule has 1 N–H and O–H groups in total. The highest BCUT2D eigenvalue weighted by Crippen LogP contribution is 2.29. The molecular weight excluding hydrogens is 417 g/mol. The maximum atomic E-state index is 12.4. The molecule has 0 aliphatic heterocycles. The number of alkyl halides is 3. The molecule has 0 bridgehead atoms. The van der Waals surface area contributed by atoms with Gasteiger partial charge in [0.25, 0.3) is 5.78 Å². The normalized spacial score (nSPS) is 11.7. The number of ether oxygens (including phenoxy) is 1. The van der Waals surface area contributed by atoms with Crippen molar-refractivity contribution in [2.45, 2.75) is 23.4 Å². The van der Waals surface area contributed by atoms with Gasteiger partial charge in [0.05, 0.1) is 5.69 Å². The lowest BCUT2D eigenvalue weighted by atomic mass is 10.1. The van der Waals surface area contributed by atoms with Gasteiger partial charge < -0.3 is 9.84 Å². The Morgan fingerprint density at radius 1 is 1.00 bits per heavy atom. The predicted molar refractivity (Wildman–Crippen MR) is 104 cm³/mol. The summed E-state index contributed by atoms with van der Waals surface area (Å²) < 4.78 is 42.3. The van der Waals surface area contributed by atoms with E-state index in [9.17, 15) is 18.3 Å². The zero-order valence-corrected chi connectivity index (χ0v) is 16.2. The van der Waals surface area contributed by atoms with Gasteiger partial charge in [-0.3, -0.25) is 0 Å². The molecule has 0 saturated carbocycles. The van der Waals surface area contributed by atoms with Gasteiger partial charge in [0.2, 0.25) is 5.88 Å². The molecule has 0 spiro atoms. The van der Waals surface area contributed by atoms with E-state index in [0.29, 0.717) is 28.6 Å². The Labute approximate surface area is 173 Å². The van der Waals surface area contributed by atoms with Crippen molar-refractivity contribution >= 4 is 17.5 Å². The van der Waals surface area contributed by atoms with Crippen molar-refractivity contribution in [2.24, 2.45) is 0 Å². The van der Waals surface area contributed by atoms with Crippen molar-refractivity contribution in [2.75, 3.05) is 0 Å². The van der Waals surface area contributed by atoms with Gasteiger partial charge in [-0.05, 0) is 23.8 Å². The summed E-state index contributed by atoms with van der Waals surface area (Å²) in [4.78, 5) is 9.33. The fraction of sp³-hybridized carbons (Fsp3) is 0.150. The van der Waals surface area contributed by atoms with Crippen LogP contribution in [0.2, 0.25) is 0 Å². The molecule has 2 aromatic carbocycles. The minimum absolute atomic E-state index is 0.114. The molecule has 2 heterocycles. The van der Waals surface area contributed by atoms with Crippen LogP contribution < -0.4 is 4.74 Å². The predicted octanol–water partition coefficient (Wildman–Crippen LogP) is 4.61. The number of hydrogen-bond acceptors (Lipinski definition) is 6. The first-order chi connectivity index (χ1) is 14.4. The third-order valence-electron chi connectivity index (χ3n) is 4.02. The fourth-order valence-corrected chi connectivity index (χ4v) is 3.62. The van der Waals surface area contributed by atoms with E-state index in [1.165, 1.54) is 40.5 Å². The second-order valence-electron chi connectivity index (χ2n) is 6.32. The molecule has 10 heteroatoms. The quantitative estimate of drug-likeness (QED) is 0.449. The van der Waals surface area contributed by atoms with Crippen LogP contribution in [0.4, 0.5) is 13.2 Å². The Morgan fingerprint density at radius 3 is 2.57 bits per heavy atom. The van der Waals surface area contributed by atoms with Crippen LogP contribution >= 0.6 is 11.8 Å². The van der Waals surface area contributed by atoms with Crippen LogP contribution in [0.15, 0.2) is 65.6 Å². The van der Waals surface area contributed by atoms with Crippen molar-refractivity contribution < 1.29 is 23.0 Å². The monoisotopic (exact) mass is 432 g/mol. The number of rotatable bonds is 6. The maximum absolute atomic E-state index is 12.4. The lowest BCUT2D eigenvalue weighted by Gasteiger charge is -2.09. The SMILES string of the molecule is Oc1cc(CSc2cccc(OC(F)(F)F)c2)nc2nc(Cc3ccccc3)nn12. The average molecular weight is 432 g/mol. The van der Waals surface area contributed by atoms with E-state index in [0.717, 1.165) is 5.56 Å². The molecule has 6 nitrogen and oxygen atoms in total. The number of hydrogen-bond donors (Lipinski definition) is 1. The van der Waals surface area contributed by atoms with Gasteiger partial charge in [0.1, 0.15) is 5.75 Å². The minimum Gasteiger partial charge on any atom is -0.493 e. The molecule has 4 rings (SSSR count). The summed E-state index contributed by atoms with van der Waals surface area (Å²) in [6.07, 6.45) is -4.24. The smallest absolute Gasteiger partial charge is 0.493 e. The number of benzene rings is 2. The summed E-state index contributed by atoms with van der Waals surface area (Å²) in [5.41, 5.74) is 1.55. The second-order valence-corrected chi connectivity index (χ2v) is 7.37. The topological polar surface area (TPSA) is 72.5 Å². The lowest BCUT2D eigenvalue weighted by molar-refractivity contribution is -0.274. The first-order valence-electron chi connectivity index (χ1n) is 8.83. The molecule has 0 fully saturated rings. The molecule has 4 aromatic rings. The van der Waals surface area contributed by atoms with E-state index < -0.39 is 6.36 Å². The minimum atomic E-state index is -4.74. The number of nitrogens with zero attached hydrogens (tertiary/aromatic N) is 4. The van der Waals surface area contributed by atoms with Crippen LogP contribution in [0.5, 0.6) is 11.6 Å². The molecule has 0 unspecified atom stereocenters. The summed E-state index contributed by atoms with van der Waals surface area (Å²) in [5, 5.41) is 14.5. The van der Waals surface area contributed by atoms with Crippen LogP contribution in [0.3, 0.4) is 0 Å². The van der Waals surface area contributed by atoms with Crippen molar-refractivity contribution in [3.05, 3.63) is 77.7 Å². The number of thioether (sulfide) groups is 1. The first kappa shape index (κ1) is 20.0. The maximum Gasteiger partial charge on any atom is 0.573 e. The zero-order chi connectivity index (χ0) is 21.1. The van der Waals surface area contributed by atoms with Gasteiger partial charge >= 0.3 is 6.36 Å². The van der Waals surface area contributed by atoms with E-state index in [2.05, 4.69) is 19.8 Å². The van der Waals surface area contributed by atoms with Gasteiger partial charge in [-0.15, -0.1) is 30.0 Å². The summed E-state index contributed by atoms with van der Waals surface area (Å²) in [6.45, 7) is 0. The number of aromatic nitrogens is 4. The van der Waals surface area contributed by atoms with E-state index in [-0.39, 0.29) is 17.4 Å². The van der Waals surface area contributed by atoms with E-state index in [1.807, 2.05) is 30.3 Å². The number of halogens is 3. The van der Waals surface area contributed by atoms with Crippen LogP contribution in [0.1, 0.15) is 17.1 Å². The van der Waals surface area contributed by atoms with Gasteiger partial charge in [-0.25, -0.2) is 4.98 Å². The summed E-state index contributed by atoms with van der Waals surface area (Å²) >= 11 is 1.26. The summed E-state index contributed by atoms with van der Waals surface area (Å²) in [7, 11) is 0. The van der Waals surface area contributed by atoms with E-state index >= 15 is 0 Å².